The van der Waals surface area contributed by atoms with E-state index in [0.717, 1.165) is 30.4 Å². The van der Waals surface area contributed by atoms with Gasteiger partial charge in [0.1, 0.15) is 5.82 Å². The molecule has 0 aliphatic heterocycles. The fourth-order valence-corrected chi connectivity index (χ4v) is 3.14. The monoisotopic (exact) mass is 323 g/mol. The van der Waals surface area contributed by atoms with Crippen LogP contribution in [-0.4, -0.2) is 48.8 Å². The third kappa shape index (κ3) is 5.18. The molecular formula is C17H26FN3O2. The summed E-state index contributed by atoms with van der Waals surface area (Å²) in [5, 5.41) is 15.8. The van der Waals surface area contributed by atoms with E-state index >= 15 is 0 Å². The minimum atomic E-state index is -1.00. The Morgan fingerprint density at radius 1 is 1.48 bits per heavy atom. The van der Waals surface area contributed by atoms with Crippen LogP contribution in [0.2, 0.25) is 0 Å². The maximum absolute atomic E-state index is 13.5. The van der Waals surface area contributed by atoms with Gasteiger partial charge in [0.2, 0.25) is 0 Å². The van der Waals surface area contributed by atoms with Crippen LogP contribution in [0.1, 0.15) is 36.9 Å². The summed E-state index contributed by atoms with van der Waals surface area (Å²) < 4.78 is 13.5. The van der Waals surface area contributed by atoms with Gasteiger partial charge in [0.15, 0.2) is 0 Å². The highest BCUT2D eigenvalue weighted by Crippen LogP contribution is 2.30. The van der Waals surface area contributed by atoms with Crippen LogP contribution in [0.3, 0.4) is 0 Å². The predicted octanol–water partition coefficient (Wildman–Crippen LogP) is 1.81. The Kier molecular flexibility index (Phi) is 5.59. The molecule has 2 atom stereocenters. The lowest BCUT2D eigenvalue weighted by atomic mass is 9.87. The fourth-order valence-electron chi connectivity index (χ4n) is 3.14. The molecule has 0 radical (unpaired) electrons. The summed E-state index contributed by atoms with van der Waals surface area (Å²) in [6, 6.07) is 4.22. The molecule has 0 spiro atoms. The van der Waals surface area contributed by atoms with Crippen LogP contribution < -0.4 is 10.6 Å². The number of carbonyl (C=O) groups is 1. The van der Waals surface area contributed by atoms with Gasteiger partial charge >= 0.3 is 6.03 Å². The highest BCUT2D eigenvalue weighted by molar-refractivity contribution is 5.74. The molecule has 0 fully saturated rings. The Hall–Kier alpha value is -1.66. The third-order valence-corrected chi connectivity index (χ3v) is 4.01. The lowest BCUT2D eigenvalue weighted by Gasteiger charge is -2.29. The lowest BCUT2D eigenvalue weighted by molar-refractivity contribution is 0.0359. The molecule has 23 heavy (non-hydrogen) atoms. The van der Waals surface area contributed by atoms with Crippen molar-refractivity contribution in [3.63, 3.8) is 0 Å². The summed E-state index contributed by atoms with van der Waals surface area (Å²) in [6.07, 6.45) is 2.66. The number of urea groups is 1. The topological polar surface area (TPSA) is 64.6 Å². The van der Waals surface area contributed by atoms with Crippen molar-refractivity contribution < 1.29 is 14.3 Å². The largest absolute Gasteiger partial charge is 0.387 e. The van der Waals surface area contributed by atoms with Gasteiger partial charge in [0.05, 0.1) is 11.6 Å². The number of nitrogens with zero attached hydrogens (tertiary/aromatic N) is 1. The maximum Gasteiger partial charge on any atom is 0.315 e. The van der Waals surface area contributed by atoms with Gasteiger partial charge in [0.25, 0.3) is 0 Å². The van der Waals surface area contributed by atoms with Crippen molar-refractivity contribution in [3.8, 4) is 0 Å². The van der Waals surface area contributed by atoms with Crippen molar-refractivity contribution in [3.05, 3.63) is 35.1 Å². The zero-order valence-corrected chi connectivity index (χ0v) is 14.0. The Morgan fingerprint density at radius 2 is 2.22 bits per heavy atom. The number of nitrogens with one attached hydrogen (secondary N) is 2. The number of aryl methyl sites for hydroxylation is 1. The van der Waals surface area contributed by atoms with E-state index in [-0.39, 0.29) is 24.4 Å². The first-order valence-electron chi connectivity index (χ1n) is 7.97. The SMILES string of the molecule is CN(C)CC(C)(O)CNC(=O)NC1CCCc2ccc(F)cc21. The predicted molar refractivity (Wildman–Crippen MR) is 87.8 cm³/mol. The average Bonchev–Trinajstić information content (AvgIpc) is 2.45. The Bertz CT molecular complexity index is 561. The van der Waals surface area contributed by atoms with Crippen molar-refractivity contribution >= 4 is 6.03 Å². The lowest BCUT2D eigenvalue weighted by Crippen LogP contribution is -2.50. The third-order valence-electron chi connectivity index (χ3n) is 4.01. The Balaban J connectivity index is 1.93. The molecule has 3 N–H and O–H groups in total. The van der Waals surface area contributed by atoms with E-state index in [2.05, 4.69) is 10.6 Å². The molecule has 1 aliphatic carbocycles. The standard InChI is InChI=1S/C17H26FN3O2/c1-17(23,11-21(2)3)10-19-16(22)20-15-6-4-5-12-7-8-13(18)9-14(12)15/h7-9,15,23H,4-6,10-11H2,1-3H3,(H2,19,20,22). The molecule has 2 unspecified atom stereocenters. The van der Waals surface area contributed by atoms with Crippen LogP contribution in [0.4, 0.5) is 9.18 Å². The number of carbonyl (C=O) groups excluding carboxylic acids is 1. The quantitative estimate of drug-likeness (QED) is 0.774. The molecule has 0 saturated heterocycles. The second kappa shape index (κ2) is 7.27. The summed E-state index contributed by atoms with van der Waals surface area (Å²) in [4.78, 5) is 14.0. The first kappa shape index (κ1) is 17.7. The molecule has 128 valence electrons. The first-order chi connectivity index (χ1) is 10.8. The van der Waals surface area contributed by atoms with Gasteiger partial charge < -0.3 is 20.6 Å². The molecule has 0 heterocycles. The molecule has 2 rings (SSSR count). The number of benzene rings is 1. The number of rotatable bonds is 5. The van der Waals surface area contributed by atoms with Gasteiger partial charge in [-0.2, -0.15) is 0 Å². The normalized spacial score (nSPS) is 19.8. The highest BCUT2D eigenvalue weighted by Gasteiger charge is 2.25. The number of amides is 2. The van der Waals surface area contributed by atoms with Gasteiger partial charge in [-0.05, 0) is 63.5 Å². The van der Waals surface area contributed by atoms with E-state index in [4.69, 9.17) is 0 Å². The average molecular weight is 323 g/mol. The van der Waals surface area contributed by atoms with E-state index in [1.807, 2.05) is 19.0 Å². The first-order valence-corrected chi connectivity index (χ1v) is 7.97. The number of likely N-dealkylation sites (N-methyl/N-ethyl adjacent to an activating group) is 1. The minimum absolute atomic E-state index is 0.153. The molecule has 1 aromatic rings. The van der Waals surface area contributed by atoms with Crippen molar-refractivity contribution in [2.24, 2.45) is 0 Å². The molecule has 1 aromatic carbocycles. The number of halogens is 1. The van der Waals surface area contributed by atoms with Crippen molar-refractivity contribution in [1.82, 2.24) is 15.5 Å². The fraction of sp³-hybridized carbons (Fsp3) is 0.588. The molecule has 0 bridgehead atoms. The second-order valence-corrected chi connectivity index (χ2v) is 6.85. The van der Waals surface area contributed by atoms with Crippen LogP contribution in [0.15, 0.2) is 18.2 Å². The molecule has 0 saturated carbocycles. The molecule has 6 heteroatoms. The van der Waals surface area contributed by atoms with Crippen molar-refractivity contribution in [2.75, 3.05) is 27.2 Å². The van der Waals surface area contributed by atoms with E-state index in [0.29, 0.717) is 6.54 Å². The van der Waals surface area contributed by atoms with Gasteiger partial charge in [0, 0.05) is 13.1 Å². The van der Waals surface area contributed by atoms with E-state index in [1.54, 1.807) is 13.0 Å². The zero-order valence-electron chi connectivity index (χ0n) is 14.0. The van der Waals surface area contributed by atoms with E-state index in [1.165, 1.54) is 12.1 Å². The van der Waals surface area contributed by atoms with Crippen LogP contribution in [-0.2, 0) is 6.42 Å². The van der Waals surface area contributed by atoms with Crippen LogP contribution in [0.25, 0.3) is 0 Å². The molecule has 5 nitrogen and oxygen atoms in total. The highest BCUT2D eigenvalue weighted by atomic mass is 19.1. The Morgan fingerprint density at radius 3 is 2.91 bits per heavy atom. The summed E-state index contributed by atoms with van der Waals surface area (Å²) in [5.74, 6) is -0.285. The summed E-state index contributed by atoms with van der Waals surface area (Å²) in [5.41, 5.74) is 0.936. The Labute approximate surface area is 136 Å². The molecule has 0 aromatic heterocycles. The van der Waals surface area contributed by atoms with Gasteiger partial charge in [-0.15, -0.1) is 0 Å². The summed E-state index contributed by atoms with van der Waals surface area (Å²) in [6.45, 7) is 2.28. The minimum Gasteiger partial charge on any atom is -0.387 e. The molecule has 2 amide bonds. The van der Waals surface area contributed by atoms with Crippen LogP contribution in [0.5, 0.6) is 0 Å². The van der Waals surface area contributed by atoms with Crippen molar-refractivity contribution in [1.29, 1.82) is 0 Å². The smallest absolute Gasteiger partial charge is 0.315 e. The zero-order chi connectivity index (χ0) is 17.0. The summed E-state index contributed by atoms with van der Waals surface area (Å²) in [7, 11) is 3.73. The summed E-state index contributed by atoms with van der Waals surface area (Å²) >= 11 is 0. The van der Waals surface area contributed by atoms with Gasteiger partial charge in [-0.1, -0.05) is 6.07 Å². The van der Waals surface area contributed by atoms with Gasteiger partial charge in [-0.3, -0.25) is 0 Å². The maximum atomic E-state index is 13.5. The van der Waals surface area contributed by atoms with Crippen LogP contribution >= 0.6 is 0 Å². The molecule has 1 aliphatic rings. The number of aliphatic hydroxyl groups is 1. The van der Waals surface area contributed by atoms with Gasteiger partial charge in [-0.25, -0.2) is 9.18 Å². The molecular weight excluding hydrogens is 297 g/mol. The van der Waals surface area contributed by atoms with E-state index in [9.17, 15) is 14.3 Å². The van der Waals surface area contributed by atoms with Crippen molar-refractivity contribution in [2.45, 2.75) is 37.8 Å². The number of hydrogen-bond donors (Lipinski definition) is 3. The number of hydrogen-bond acceptors (Lipinski definition) is 3. The number of fused-ring (bicyclic) bond motifs is 1. The van der Waals surface area contributed by atoms with E-state index < -0.39 is 5.60 Å². The van der Waals surface area contributed by atoms with Crippen LogP contribution in [0, 0.1) is 5.82 Å². The second-order valence-electron chi connectivity index (χ2n) is 6.85.